The third-order valence-electron chi connectivity index (χ3n) is 2.97. The van der Waals surface area contributed by atoms with Gasteiger partial charge in [-0.3, -0.25) is 9.59 Å². The number of benzene rings is 1. The van der Waals surface area contributed by atoms with Gasteiger partial charge in [0.25, 0.3) is 5.56 Å². The highest BCUT2D eigenvalue weighted by molar-refractivity contribution is 6.63. The van der Waals surface area contributed by atoms with Crippen LogP contribution in [0.3, 0.4) is 0 Å². The lowest BCUT2D eigenvalue weighted by Gasteiger charge is -2.12. The summed E-state index contributed by atoms with van der Waals surface area (Å²) in [5.41, 5.74) is 2.10. The highest BCUT2D eigenvalue weighted by Crippen LogP contribution is 2.18. The van der Waals surface area contributed by atoms with Crippen LogP contribution in [0.2, 0.25) is 0 Å². The van der Waals surface area contributed by atoms with Crippen molar-refractivity contribution in [2.45, 2.75) is 19.9 Å². The summed E-state index contributed by atoms with van der Waals surface area (Å²) in [4.78, 5) is 23.2. The van der Waals surface area contributed by atoms with E-state index >= 15 is 0 Å². The van der Waals surface area contributed by atoms with E-state index in [1.165, 1.54) is 0 Å². The number of carbonyl (C=O) groups excluding carboxylic acids is 1. The second kappa shape index (κ2) is 5.85. The Morgan fingerprint density at radius 3 is 2.42 bits per heavy atom. The molecule has 0 atom stereocenters. The summed E-state index contributed by atoms with van der Waals surface area (Å²) in [7, 11) is 0. The Morgan fingerprint density at radius 1 is 1.16 bits per heavy atom. The van der Waals surface area contributed by atoms with Gasteiger partial charge in [0.1, 0.15) is 0 Å². The highest BCUT2D eigenvalue weighted by Gasteiger charge is 2.11. The van der Waals surface area contributed by atoms with Crippen molar-refractivity contribution in [1.82, 2.24) is 4.57 Å². The number of hydrogen-bond donors (Lipinski definition) is 0. The zero-order valence-electron chi connectivity index (χ0n) is 10.6. The van der Waals surface area contributed by atoms with E-state index in [9.17, 15) is 9.59 Å². The maximum absolute atomic E-state index is 12.3. The van der Waals surface area contributed by atoms with Crippen LogP contribution in [0, 0.1) is 0 Å². The fourth-order valence-electron chi connectivity index (χ4n) is 2.08. The number of aromatic nitrogens is 1. The van der Waals surface area contributed by atoms with Crippen molar-refractivity contribution in [2.75, 3.05) is 0 Å². The van der Waals surface area contributed by atoms with Crippen LogP contribution in [-0.4, -0.2) is 9.81 Å². The van der Waals surface area contributed by atoms with Gasteiger partial charge in [0.15, 0.2) is 0 Å². The number of pyridine rings is 1. The average Bonchev–Trinajstić information content (AvgIpc) is 2.41. The third kappa shape index (κ3) is 2.93. The van der Waals surface area contributed by atoms with Gasteiger partial charge in [0.05, 0.1) is 12.1 Å². The van der Waals surface area contributed by atoms with Crippen LogP contribution in [0.4, 0.5) is 0 Å². The van der Waals surface area contributed by atoms with Gasteiger partial charge in [-0.05, 0) is 30.2 Å². The van der Waals surface area contributed by atoms with Gasteiger partial charge < -0.3 is 4.57 Å². The molecular weight excluding hydrogens is 262 g/mol. The maximum Gasteiger partial charge on any atom is 0.254 e. The molecule has 0 amide bonds. The molecule has 1 aromatic carbocycles. The molecule has 0 radical (unpaired) electrons. The first-order valence-electron chi connectivity index (χ1n) is 6.10. The zero-order chi connectivity index (χ0) is 13.8. The summed E-state index contributed by atoms with van der Waals surface area (Å²) in [5, 5.41) is -0.521. The minimum absolute atomic E-state index is 0.0323. The molecule has 0 fully saturated rings. The van der Waals surface area contributed by atoms with E-state index in [0.29, 0.717) is 12.1 Å². The van der Waals surface area contributed by atoms with Gasteiger partial charge >= 0.3 is 0 Å². The molecule has 0 saturated heterocycles. The van der Waals surface area contributed by atoms with E-state index in [4.69, 9.17) is 11.6 Å². The quantitative estimate of drug-likeness (QED) is 0.805. The Hall–Kier alpha value is -1.87. The molecule has 2 aromatic rings. The van der Waals surface area contributed by atoms with E-state index in [1.807, 2.05) is 43.3 Å². The first-order valence-corrected chi connectivity index (χ1v) is 6.47. The van der Waals surface area contributed by atoms with Crippen LogP contribution in [0.1, 0.15) is 12.5 Å². The van der Waals surface area contributed by atoms with Crippen molar-refractivity contribution in [3.8, 4) is 11.3 Å². The Morgan fingerprint density at radius 2 is 1.84 bits per heavy atom. The van der Waals surface area contributed by atoms with Crippen LogP contribution in [0.15, 0.2) is 47.3 Å². The van der Waals surface area contributed by atoms with Crippen molar-refractivity contribution in [3.63, 3.8) is 0 Å². The highest BCUT2D eigenvalue weighted by atomic mass is 35.5. The summed E-state index contributed by atoms with van der Waals surface area (Å²) >= 11 is 5.35. The lowest BCUT2D eigenvalue weighted by molar-refractivity contribution is -0.111. The summed E-state index contributed by atoms with van der Waals surface area (Å²) in [6, 6.07) is 13.2. The standard InChI is InChI=1S/C15H14ClNO2/c1-2-17-13(11-6-4-3-5-7-11)9-8-12(15(17)19)10-14(16)18/h3-9H,2,10H2,1H3. The number of rotatable bonds is 4. The van der Waals surface area contributed by atoms with Crippen molar-refractivity contribution in [2.24, 2.45) is 0 Å². The first kappa shape index (κ1) is 13.6. The number of hydrogen-bond acceptors (Lipinski definition) is 2. The Balaban J connectivity index is 2.56. The first-order chi connectivity index (χ1) is 9.13. The van der Waals surface area contributed by atoms with Crippen molar-refractivity contribution >= 4 is 16.8 Å². The molecule has 0 aliphatic heterocycles. The van der Waals surface area contributed by atoms with Crippen molar-refractivity contribution < 1.29 is 4.79 Å². The molecule has 2 rings (SSSR count). The molecule has 4 heteroatoms. The lowest BCUT2D eigenvalue weighted by atomic mass is 10.1. The van der Waals surface area contributed by atoms with Crippen LogP contribution >= 0.6 is 11.6 Å². The molecular formula is C15H14ClNO2. The van der Waals surface area contributed by atoms with Crippen LogP contribution in [0.25, 0.3) is 11.3 Å². The minimum Gasteiger partial charge on any atom is -0.308 e. The fourth-order valence-corrected chi connectivity index (χ4v) is 2.23. The number of nitrogens with zero attached hydrogens (tertiary/aromatic N) is 1. The van der Waals surface area contributed by atoms with E-state index in [1.54, 1.807) is 10.6 Å². The van der Waals surface area contributed by atoms with Gasteiger partial charge in [-0.2, -0.15) is 0 Å². The van der Waals surface area contributed by atoms with Crippen molar-refractivity contribution in [3.05, 3.63) is 58.4 Å². The summed E-state index contributed by atoms with van der Waals surface area (Å²) < 4.78 is 1.66. The molecule has 19 heavy (non-hydrogen) atoms. The van der Waals surface area contributed by atoms with Gasteiger partial charge in [-0.25, -0.2) is 0 Å². The summed E-state index contributed by atoms with van der Waals surface area (Å²) in [5.74, 6) is 0. The van der Waals surface area contributed by atoms with Crippen LogP contribution in [-0.2, 0) is 17.8 Å². The van der Waals surface area contributed by atoms with Gasteiger partial charge in [0, 0.05) is 12.1 Å². The number of carbonyl (C=O) groups is 1. The maximum atomic E-state index is 12.3. The molecule has 0 aliphatic rings. The smallest absolute Gasteiger partial charge is 0.254 e. The molecule has 98 valence electrons. The van der Waals surface area contributed by atoms with E-state index in [0.717, 1.165) is 11.3 Å². The predicted molar refractivity (Wildman–Crippen MR) is 76.4 cm³/mol. The summed E-state index contributed by atoms with van der Waals surface area (Å²) in [6.45, 7) is 2.45. The van der Waals surface area contributed by atoms with Crippen LogP contribution in [0.5, 0.6) is 0 Å². The molecule has 0 saturated carbocycles. The Kier molecular flexibility index (Phi) is 4.17. The largest absolute Gasteiger partial charge is 0.308 e. The minimum atomic E-state index is -0.521. The lowest BCUT2D eigenvalue weighted by Crippen LogP contribution is -2.25. The van der Waals surface area contributed by atoms with Gasteiger partial charge in [-0.1, -0.05) is 36.4 Å². The predicted octanol–water partition coefficient (Wildman–Crippen LogP) is 2.84. The number of halogens is 1. The second-order valence-corrected chi connectivity index (χ2v) is 4.61. The fraction of sp³-hybridized carbons (Fsp3) is 0.200. The molecule has 0 aliphatic carbocycles. The Labute approximate surface area is 116 Å². The molecule has 0 unspecified atom stereocenters. The van der Waals surface area contributed by atoms with E-state index in [2.05, 4.69) is 0 Å². The summed E-state index contributed by atoms with van der Waals surface area (Å²) in [6.07, 6.45) is -0.0323. The van der Waals surface area contributed by atoms with Crippen molar-refractivity contribution in [1.29, 1.82) is 0 Å². The topological polar surface area (TPSA) is 39.1 Å². The average molecular weight is 276 g/mol. The molecule has 3 nitrogen and oxygen atoms in total. The SMILES string of the molecule is CCn1c(-c2ccccc2)ccc(CC(=O)Cl)c1=O. The molecule has 0 bridgehead atoms. The van der Waals surface area contributed by atoms with E-state index in [-0.39, 0.29) is 12.0 Å². The Bertz CT molecular complexity index is 647. The molecule has 0 N–H and O–H groups in total. The van der Waals surface area contributed by atoms with Crippen LogP contribution < -0.4 is 5.56 Å². The second-order valence-electron chi connectivity index (χ2n) is 4.19. The third-order valence-corrected chi connectivity index (χ3v) is 3.10. The monoisotopic (exact) mass is 275 g/mol. The molecule has 0 spiro atoms. The zero-order valence-corrected chi connectivity index (χ0v) is 11.4. The van der Waals surface area contributed by atoms with Gasteiger partial charge in [0.2, 0.25) is 5.24 Å². The normalized spacial score (nSPS) is 10.4. The molecule has 1 heterocycles. The van der Waals surface area contributed by atoms with E-state index < -0.39 is 5.24 Å². The van der Waals surface area contributed by atoms with Gasteiger partial charge in [-0.15, -0.1) is 0 Å². The molecule has 1 aromatic heterocycles.